The molecule has 0 spiro atoms. The number of methoxy groups -OCH3 is 1. The van der Waals surface area contributed by atoms with E-state index in [-0.39, 0.29) is 0 Å². The average Bonchev–Trinajstić information content (AvgIpc) is 2.73. The van der Waals surface area contributed by atoms with E-state index in [1.807, 2.05) is 6.20 Å². The lowest BCUT2D eigenvalue weighted by Crippen LogP contribution is -2.17. The van der Waals surface area contributed by atoms with E-state index in [1.165, 1.54) is 12.1 Å². The van der Waals surface area contributed by atoms with Crippen molar-refractivity contribution in [2.75, 3.05) is 20.3 Å². The van der Waals surface area contributed by atoms with E-state index < -0.39 is 0 Å². The molecule has 1 heterocycles. The van der Waals surface area contributed by atoms with Crippen LogP contribution in [0.3, 0.4) is 0 Å². The van der Waals surface area contributed by atoms with Crippen molar-refractivity contribution >= 4 is 0 Å². The third-order valence-corrected chi connectivity index (χ3v) is 2.51. The van der Waals surface area contributed by atoms with Gasteiger partial charge in [-0.1, -0.05) is 6.92 Å². The predicted octanol–water partition coefficient (Wildman–Crippen LogP) is 1.81. The van der Waals surface area contributed by atoms with Gasteiger partial charge >= 0.3 is 0 Å². The van der Waals surface area contributed by atoms with Gasteiger partial charge in [0.05, 0.1) is 5.69 Å². The molecular weight excluding hydrogens is 202 g/mol. The third kappa shape index (κ3) is 4.77. The highest BCUT2D eigenvalue weighted by atomic mass is 16.5. The maximum absolute atomic E-state index is 5.03. The zero-order valence-corrected chi connectivity index (χ0v) is 10.4. The van der Waals surface area contributed by atoms with Crippen molar-refractivity contribution in [3.05, 3.63) is 18.0 Å². The highest BCUT2D eigenvalue weighted by Gasteiger charge is 2.01. The molecule has 92 valence electrons. The van der Waals surface area contributed by atoms with Gasteiger partial charge < -0.3 is 10.1 Å². The van der Waals surface area contributed by atoms with Gasteiger partial charge in [0, 0.05) is 33.0 Å². The second-order valence-corrected chi connectivity index (χ2v) is 3.92. The fraction of sp³-hybridized carbons (Fsp3) is 0.750. The van der Waals surface area contributed by atoms with Crippen LogP contribution in [0, 0.1) is 0 Å². The smallest absolute Gasteiger partial charge is 0.0522 e. The fourth-order valence-electron chi connectivity index (χ4n) is 1.61. The van der Waals surface area contributed by atoms with Gasteiger partial charge in [0.25, 0.3) is 0 Å². The minimum absolute atomic E-state index is 0.838. The van der Waals surface area contributed by atoms with Crippen LogP contribution in [-0.4, -0.2) is 30.0 Å². The molecule has 0 saturated carbocycles. The lowest BCUT2D eigenvalue weighted by Gasteiger charge is -2.08. The van der Waals surface area contributed by atoms with Gasteiger partial charge in [-0.25, -0.2) is 0 Å². The summed E-state index contributed by atoms with van der Waals surface area (Å²) < 4.78 is 7.11. The number of ether oxygens (including phenoxy) is 1. The molecule has 1 aromatic heterocycles. The standard InChI is InChI=1S/C12H23N3O/c1-3-7-13-11-12-6-8-14-15(12)9-4-5-10-16-2/h6,8,13H,3-5,7,9-11H2,1-2H3. The van der Waals surface area contributed by atoms with E-state index in [0.29, 0.717) is 0 Å². The predicted molar refractivity (Wildman–Crippen MR) is 65.3 cm³/mol. The summed E-state index contributed by atoms with van der Waals surface area (Å²) in [5, 5.41) is 7.72. The Morgan fingerprint density at radius 3 is 3.06 bits per heavy atom. The van der Waals surface area contributed by atoms with Crippen LogP contribution in [0.25, 0.3) is 0 Å². The number of hydrogen-bond acceptors (Lipinski definition) is 3. The number of nitrogens with one attached hydrogen (secondary N) is 1. The van der Waals surface area contributed by atoms with Gasteiger partial charge in [-0.2, -0.15) is 5.10 Å². The zero-order valence-electron chi connectivity index (χ0n) is 10.4. The van der Waals surface area contributed by atoms with Gasteiger partial charge in [0.2, 0.25) is 0 Å². The highest BCUT2D eigenvalue weighted by molar-refractivity contribution is 4.99. The first-order valence-electron chi connectivity index (χ1n) is 6.08. The molecule has 1 N–H and O–H groups in total. The monoisotopic (exact) mass is 225 g/mol. The third-order valence-electron chi connectivity index (χ3n) is 2.51. The number of rotatable bonds is 9. The summed E-state index contributed by atoms with van der Waals surface area (Å²) in [6.07, 6.45) is 5.26. The first kappa shape index (κ1) is 13.2. The molecular formula is C12H23N3O. The molecule has 0 fully saturated rings. The maximum Gasteiger partial charge on any atom is 0.0522 e. The number of aryl methyl sites for hydroxylation is 1. The normalized spacial score (nSPS) is 10.9. The van der Waals surface area contributed by atoms with Crippen LogP contribution in [0.4, 0.5) is 0 Å². The molecule has 1 aromatic rings. The largest absolute Gasteiger partial charge is 0.385 e. The van der Waals surface area contributed by atoms with E-state index in [4.69, 9.17) is 4.74 Å². The summed E-state index contributed by atoms with van der Waals surface area (Å²) in [7, 11) is 1.74. The molecule has 4 heteroatoms. The second kappa shape index (κ2) is 8.30. The maximum atomic E-state index is 5.03. The van der Waals surface area contributed by atoms with Crippen molar-refractivity contribution < 1.29 is 4.74 Å². The fourth-order valence-corrected chi connectivity index (χ4v) is 1.61. The molecule has 0 aliphatic rings. The molecule has 0 atom stereocenters. The Labute approximate surface area is 98.0 Å². The van der Waals surface area contributed by atoms with Crippen molar-refractivity contribution in [1.29, 1.82) is 0 Å². The summed E-state index contributed by atoms with van der Waals surface area (Å²) >= 11 is 0. The van der Waals surface area contributed by atoms with Crippen LogP contribution in [-0.2, 0) is 17.8 Å². The Morgan fingerprint density at radius 1 is 1.44 bits per heavy atom. The molecule has 0 radical (unpaired) electrons. The molecule has 16 heavy (non-hydrogen) atoms. The van der Waals surface area contributed by atoms with Gasteiger partial charge in [-0.15, -0.1) is 0 Å². The minimum Gasteiger partial charge on any atom is -0.385 e. The molecule has 0 aromatic carbocycles. The van der Waals surface area contributed by atoms with E-state index in [9.17, 15) is 0 Å². The zero-order chi connectivity index (χ0) is 11.6. The van der Waals surface area contributed by atoms with E-state index in [2.05, 4.69) is 28.1 Å². The van der Waals surface area contributed by atoms with Crippen LogP contribution < -0.4 is 5.32 Å². The number of unbranched alkanes of at least 4 members (excludes halogenated alkanes) is 1. The van der Waals surface area contributed by atoms with Crippen LogP contribution in [0.15, 0.2) is 12.3 Å². The lowest BCUT2D eigenvalue weighted by molar-refractivity contribution is 0.190. The molecule has 0 saturated heterocycles. The molecule has 0 aliphatic carbocycles. The average molecular weight is 225 g/mol. The van der Waals surface area contributed by atoms with Crippen LogP contribution in [0.1, 0.15) is 31.9 Å². The van der Waals surface area contributed by atoms with Crippen molar-refractivity contribution in [1.82, 2.24) is 15.1 Å². The number of nitrogens with zero attached hydrogens (tertiary/aromatic N) is 2. The highest BCUT2D eigenvalue weighted by Crippen LogP contribution is 2.01. The summed E-state index contributed by atoms with van der Waals surface area (Å²) in [4.78, 5) is 0. The van der Waals surface area contributed by atoms with Crippen molar-refractivity contribution in [2.24, 2.45) is 0 Å². The Kier molecular flexibility index (Phi) is 6.85. The SMILES string of the molecule is CCCNCc1ccnn1CCCCOC. The van der Waals surface area contributed by atoms with Gasteiger partial charge in [-0.05, 0) is 31.9 Å². The Bertz CT molecular complexity index is 273. The van der Waals surface area contributed by atoms with E-state index in [1.54, 1.807) is 7.11 Å². The minimum atomic E-state index is 0.838. The Balaban J connectivity index is 2.26. The molecule has 4 nitrogen and oxygen atoms in total. The molecule has 0 amide bonds. The van der Waals surface area contributed by atoms with Crippen molar-refractivity contribution in [3.63, 3.8) is 0 Å². The van der Waals surface area contributed by atoms with Gasteiger partial charge in [0.15, 0.2) is 0 Å². The molecule has 0 aliphatic heterocycles. The lowest BCUT2D eigenvalue weighted by atomic mass is 10.3. The van der Waals surface area contributed by atoms with Gasteiger partial charge in [0.1, 0.15) is 0 Å². The van der Waals surface area contributed by atoms with Crippen LogP contribution in [0.2, 0.25) is 0 Å². The summed E-state index contributed by atoms with van der Waals surface area (Å²) in [5.41, 5.74) is 1.27. The Hall–Kier alpha value is -0.870. The summed E-state index contributed by atoms with van der Waals surface area (Å²) in [6, 6.07) is 2.08. The first-order chi connectivity index (χ1) is 7.88. The second-order valence-electron chi connectivity index (χ2n) is 3.92. The van der Waals surface area contributed by atoms with E-state index in [0.717, 1.165) is 39.1 Å². The molecule has 0 bridgehead atoms. The van der Waals surface area contributed by atoms with Crippen LogP contribution in [0.5, 0.6) is 0 Å². The molecule has 1 rings (SSSR count). The van der Waals surface area contributed by atoms with Gasteiger partial charge in [-0.3, -0.25) is 4.68 Å². The topological polar surface area (TPSA) is 39.1 Å². The summed E-state index contributed by atoms with van der Waals surface area (Å²) in [6.45, 7) is 5.98. The van der Waals surface area contributed by atoms with Crippen LogP contribution >= 0.6 is 0 Å². The number of hydrogen-bond donors (Lipinski definition) is 1. The first-order valence-corrected chi connectivity index (χ1v) is 6.08. The quantitative estimate of drug-likeness (QED) is 0.651. The molecule has 0 unspecified atom stereocenters. The van der Waals surface area contributed by atoms with Crippen molar-refractivity contribution in [2.45, 2.75) is 39.3 Å². The number of aromatic nitrogens is 2. The Morgan fingerprint density at radius 2 is 2.31 bits per heavy atom. The van der Waals surface area contributed by atoms with Crippen molar-refractivity contribution in [3.8, 4) is 0 Å². The summed E-state index contributed by atoms with van der Waals surface area (Å²) in [5.74, 6) is 0. The van der Waals surface area contributed by atoms with E-state index >= 15 is 0 Å².